The van der Waals surface area contributed by atoms with Gasteiger partial charge < -0.3 is 29.3 Å². The Morgan fingerprint density at radius 2 is 1.47 bits per heavy atom. The number of carbonyl (C=O) groups is 2. The van der Waals surface area contributed by atoms with Crippen LogP contribution in [0, 0.1) is 0 Å². The largest absolute Gasteiger partial charge is 0.486 e. The van der Waals surface area contributed by atoms with Gasteiger partial charge in [-0.25, -0.2) is 4.79 Å². The molecule has 0 unspecified atom stereocenters. The van der Waals surface area contributed by atoms with Gasteiger partial charge >= 0.3 is 6.09 Å². The Labute approximate surface area is 199 Å². The van der Waals surface area contributed by atoms with Crippen molar-refractivity contribution >= 4 is 17.7 Å². The van der Waals surface area contributed by atoms with E-state index in [4.69, 9.17) is 14.6 Å². The van der Waals surface area contributed by atoms with Crippen LogP contribution in [0.1, 0.15) is 15.9 Å². The van der Waals surface area contributed by atoms with Crippen molar-refractivity contribution in [1.82, 2.24) is 14.7 Å². The molecule has 3 heterocycles. The summed E-state index contributed by atoms with van der Waals surface area (Å²) in [7, 11) is 0. The van der Waals surface area contributed by atoms with Gasteiger partial charge in [0.1, 0.15) is 13.2 Å². The van der Waals surface area contributed by atoms with E-state index in [9.17, 15) is 9.59 Å². The van der Waals surface area contributed by atoms with E-state index in [0.29, 0.717) is 45.0 Å². The Hall–Kier alpha value is -3.46. The smallest absolute Gasteiger partial charge is 0.407 e. The maximum absolute atomic E-state index is 12.8. The number of ether oxygens (including phenoxy) is 2. The number of nitrogens with zero attached hydrogens (tertiary/aromatic N) is 4. The molecule has 3 aliphatic rings. The molecule has 0 aliphatic carbocycles. The van der Waals surface area contributed by atoms with Gasteiger partial charge in [0.15, 0.2) is 11.5 Å². The van der Waals surface area contributed by atoms with Gasteiger partial charge in [0.2, 0.25) is 0 Å². The molecule has 3 aliphatic heterocycles. The highest BCUT2D eigenvalue weighted by Crippen LogP contribution is 2.39. The van der Waals surface area contributed by atoms with Crippen LogP contribution in [0.25, 0.3) is 0 Å². The highest BCUT2D eigenvalue weighted by Gasteiger charge is 2.25. The maximum Gasteiger partial charge on any atom is 0.407 e. The lowest BCUT2D eigenvalue weighted by atomic mass is 10.1. The molecule has 5 rings (SSSR count). The Morgan fingerprint density at radius 1 is 0.794 bits per heavy atom. The zero-order valence-electron chi connectivity index (χ0n) is 19.2. The SMILES string of the molecule is O=C(O)N1CCN(C(=O)c2ccc(CN3CCN(c4cccc5c4OCCO5)CC3)cc2)CC1. The number of para-hydroxylation sites is 1. The van der Waals surface area contributed by atoms with Gasteiger partial charge in [-0.3, -0.25) is 9.69 Å². The van der Waals surface area contributed by atoms with E-state index >= 15 is 0 Å². The van der Waals surface area contributed by atoms with E-state index in [1.165, 1.54) is 10.5 Å². The zero-order chi connectivity index (χ0) is 23.5. The number of amides is 2. The van der Waals surface area contributed by atoms with Crippen molar-refractivity contribution in [3.05, 3.63) is 53.6 Å². The monoisotopic (exact) mass is 466 g/mol. The van der Waals surface area contributed by atoms with Gasteiger partial charge in [0, 0.05) is 64.5 Å². The topological polar surface area (TPSA) is 85.8 Å². The summed E-state index contributed by atoms with van der Waals surface area (Å²) in [6, 6.07) is 13.9. The zero-order valence-corrected chi connectivity index (χ0v) is 19.2. The predicted octanol–water partition coefficient (Wildman–Crippen LogP) is 2.22. The number of carboxylic acid groups (broad SMARTS) is 1. The predicted molar refractivity (Wildman–Crippen MR) is 127 cm³/mol. The van der Waals surface area contributed by atoms with E-state index in [0.717, 1.165) is 49.9 Å². The first-order valence-electron chi connectivity index (χ1n) is 11.8. The van der Waals surface area contributed by atoms with Gasteiger partial charge in [-0.15, -0.1) is 0 Å². The molecule has 0 radical (unpaired) electrons. The Morgan fingerprint density at radius 3 is 2.18 bits per heavy atom. The Balaban J connectivity index is 1.13. The second-order valence-corrected chi connectivity index (χ2v) is 8.82. The Kier molecular flexibility index (Phi) is 6.44. The number of piperazine rings is 2. The molecule has 2 fully saturated rings. The van der Waals surface area contributed by atoms with Gasteiger partial charge in [0.25, 0.3) is 5.91 Å². The van der Waals surface area contributed by atoms with Crippen LogP contribution in [-0.4, -0.2) is 97.4 Å². The summed E-state index contributed by atoms with van der Waals surface area (Å²) >= 11 is 0. The van der Waals surface area contributed by atoms with E-state index in [1.807, 2.05) is 36.4 Å². The number of hydrogen-bond acceptors (Lipinski definition) is 6. The van der Waals surface area contributed by atoms with Crippen molar-refractivity contribution in [3.63, 3.8) is 0 Å². The number of fused-ring (bicyclic) bond motifs is 1. The lowest BCUT2D eigenvalue weighted by Crippen LogP contribution is -2.50. The molecule has 2 saturated heterocycles. The molecule has 0 aromatic heterocycles. The minimum Gasteiger partial charge on any atom is -0.486 e. The summed E-state index contributed by atoms with van der Waals surface area (Å²) in [5, 5.41) is 9.07. The van der Waals surface area contributed by atoms with E-state index in [1.54, 1.807) is 4.90 Å². The first kappa shape index (κ1) is 22.3. The Bertz CT molecular complexity index is 1030. The number of rotatable bonds is 4. The summed E-state index contributed by atoms with van der Waals surface area (Å²) in [5.74, 6) is 1.64. The van der Waals surface area contributed by atoms with Gasteiger partial charge in [-0.05, 0) is 29.8 Å². The minimum atomic E-state index is -0.928. The van der Waals surface area contributed by atoms with Gasteiger partial charge in [0.05, 0.1) is 5.69 Å². The number of benzene rings is 2. The second kappa shape index (κ2) is 9.80. The molecule has 180 valence electrons. The summed E-state index contributed by atoms with van der Waals surface area (Å²) in [5.41, 5.74) is 2.92. The third-order valence-corrected chi connectivity index (χ3v) is 6.70. The molecule has 9 nitrogen and oxygen atoms in total. The van der Waals surface area contributed by atoms with Gasteiger partial charge in [-0.2, -0.15) is 0 Å². The first-order valence-corrected chi connectivity index (χ1v) is 11.8. The third-order valence-electron chi connectivity index (χ3n) is 6.70. The standard InChI is InChI=1S/C25H30N4O5/c30-24(28-12-14-29(15-13-28)25(31)32)20-6-4-19(5-7-20)18-26-8-10-27(11-9-26)21-2-1-3-22-23(21)34-17-16-33-22/h1-7H,8-18H2,(H,31,32). The van der Waals surface area contributed by atoms with Crippen molar-refractivity contribution in [2.45, 2.75) is 6.54 Å². The third kappa shape index (κ3) is 4.75. The van der Waals surface area contributed by atoms with Crippen LogP contribution in [-0.2, 0) is 6.54 Å². The molecule has 2 amide bonds. The summed E-state index contributed by atoms with van der Waals surface area (Å²) in [4.78, 5) is 31.7. The lowest BCUT2D eigenvalue weighted by Gasteiger charge is -2.37. The van der Waals surface area contributed by atoms with Crippen molar-refractivity contribution < 1.29 is 24.2 Å². The van der Waals surface area contributed by atoms with Crippen molar-refractivity contribution in [3.8, 4) is 11.5 Å². The van der Waals surface area contributed by atoms with Crippen LogP contribution in [0.15, 0.2) is 42.5 Å². The molecule has 0 bridgehead atoms. The quantitative estimate of drug-likeness (QED) is 0.740. The maximum atomic E-state index is 12.8. The molecular weight excluding hydrogens is 436 g/mol. The highest BCUT2D eigenvalue weighted by molar-refractivity contribution is 5.94. The van der Waals surface area contributed by atoms with Crippen LogP contribution in [0.4, 0.5) is 10.5 Å². The van der Waals surface area contributed by atoms with Crippen LogP contribution in [0.5, 0.6) is 11.5 Å². The average molecular weight is 467 g/mol. The fourth-order valence-corrected chi connectivity index (χ4v) is 4.75. The number of carbonyl (C=O) groups excluding carboxylic acids is 1. The van der Waals surface area contributed by atoms with Crippen LogP contribution < -0.4 is 14.4 Å². The second-order valence-electron chi connectivity index (χ2n) is 8.82. The average Bonchev–Trinajstić information content (AvgIpc) is 2.89. The molecule has 9 heteroatoms. The normalized spacial score (nSPS) is 18.6. The molecule has 2 aromatic carbocycles. The van der Waals surface area contributed by atoms with Gasteiger partial charge in [-0.1, -0.05) is 18.2 Å². The molecule has 0 spiro atoms. The number of hydrogen-bond donors (Lipinski definition) is 1. The molecule has 0 atom stereocenters. The van der Waals surface area contributed by atoms with Crippen molar-refractivity contribution in [2.24, 2.45) is 0 Å². The number of anilines is 1. The highest BCUT2D eigenvalue weighted by atomic mass is 16.6. The summed E-state index contributed by atoms with van der Waals surface area (Å²) < 4.78 is 11.6. The van der Waals surface area contributed by atoms with Crippen LogP contribution in [0.3, 0.4) is 0 Å². The van der Waals surface area contributed by atoms with Crippen LogP contribution in [0.2, 0.25) is 0 Å². The minimum absolute atomic E-state index is 0.0393. The fraction of sp³-hybridized carbons (Fsp3) is 0.440. The molecule has 0 saturated carbocycles. The first-order chi connectivity index (χ1) is 16.6. The van der Waals surface area contributed by atoms with E-state index in [2.05, 4.69) is 15.9 Å². The van der Waals surface area contributed by atoms with Crippen LogP contribution >= 0.6 is 0 Å². The summed E-state index contributed by atoms with van der Waals surface area (Å²) in [6.45, 7) is 7.31. The van der Waals surface area contributed by atoms with E-state index < -0.39 is 6.09 Å². The van der Waals surface area contributed by atoms with Crippen molar-refractivity contribution in [1.29, 1.82) is 0 Å². The molecule has 2 aromatic rings. The molecule has 34 heavy (non-hydrogen) atoms. The fourth-order valence-electron chi connectivity index (χ4n) is 4.75. The van der Waals surface area contributed by atoms with Crippen molar-refractivity contribution in [2.75, 3.05) is 70.5 Å². The molecular formula is C25H30N4O5. The summed E-state index contributed by atoms with van der Waals surface area (Å²) in [6.07, 6.45) is -0.928. The van der Waals surface area contributed by atoms with E-state index in [-0.39, 0.29) is 5.91 Å². The molecule has 1 N–H and O–H groups in total. The lowest BCUT2D eigenvalue weighted by molar-refractivity contribution is 0.0625.